The fourth-order valence-electron chi connectivity index (χ4n) is 4.23. The van der Waals surface area contributed by atoms with Gasteiger partial charge in [-0.15, -0.1) is 0 Å². The molecule has 28 heavy (non-hydrogen) atoms. The summed E-state index contributed by atoms with van der Waals surface area (Å²) in [5.41, 5.74) is 5.58. The Morgan fingerprint density at radius 3 is 1.89 bits per heavy atom. The summed E-state index contributed by atoms with van der Waals surface area (Å²) in [7, 11) is 0. The molecule has 0 spiro atoms. The largest absolute Gasteiger partial charge is 0.376 e. The number of rotatable bonds is 8. The molecule has 0 unspecified atom stereocenters. The third-order valence-corrected chi connectivity index (χ3v) is 5.88. The molecule has 1 aliphatic rings. The molecule has 1 saturated carbocycles. The van der Waals surface area contributed by atoms with Gasteiger partial charge in [0.05, 0.1) is 13.2 Å². The molecule has 0 N–H and O–H groups in total. The third kappa shape index (κ3) is 5.94. The lowest BCUT2D eigenvalue weighted by Crippen LogP contribution is -2.12. The normalized spacial score (nSPS) is 20.2. The minimum atomic E-state index is 0.711. The summed E-state index contributed by atoms with van der Waals surface area (Å²) in [6, 6.07) is 18.3. The first-order chi connectivity index (χ1) is 13.8. The van der Waals surface area contributed by atoms with Gasteiger partial charge in [0.25, 0.3) is 0 Å². The minimum absolute atomic E-state index is 0.711. The van der Waals surface area contributed by atoms with Crippen LogP contribution in [0.3, 0.4) is 0 Å². The predicted molar refractivity (Wildman–Crippen MR) is 121 cm³/mol. The molecule has 0 aliphatic heterocycles. The molecule has 2 aromatic carbocycles. The van der Waals surface area contributed by atoms with Gasteiger partial charge in [-0.05, 0) is 80.0 Å². The van der Waals surface area contributed by atoms with Crippen molar-refractivity contribution in [3.63, 3.8) is 0 Å². The van der Waals surface area contributed by atoms with E-state index < -0.39 is 0 Å². The van der Waals surface area contributed by atoms with Gasteiger partial charge in [-0.2, -0.15) is 0 Å². The zero-order chi connectivity index (χ0) is 19.6. The molecule has 0 atom stereocenters. The molecule has 0 saturated heterocycles. The molecule has 1 heteroatoms. The summed E-state index contributed by atoms with van der Waals surface area (Å²) in [6.45, 7) is 5.63. The van der Waals surface area contributed by atoms with Gasteiger partial charge >= 0.3 is 0 Å². The summed E-state index contributed by atoms with van der Waals surface area (Å²) in [4.78, 5) is 0. The van der Waals surface area contributed by atoms with Crippen LogP contribution in [0.25, 0.3) is 6.08 Å². The van der Waals surface area contributed by atoms with Crippen LogP contribution in [0.4, 0.5) is 0 Å². The highest BCUT2D eigenvalue weighted by molar-refractivity contribution is 5.49. The molecular formula is C27H34O. The van der Waals surface area contributed by atoms with E-state index in [4.69, 9.17) is 4.74 Å². The zero-order valence-corrected chi connectivity index (χ0v) is 17.4. The number of allylic oxidation sites excluding steroid dienone is 2. The van der Waals surface area contributed by atoms with Gasteiger partial charge < -0.3 is 4.74 Å². The van der Waals surface area contributed by atoms with E-state index in [-0.39, 0.29) is 0 Å². The lowest BCUT2D eigenvalue weighted by Gasteiger charge is -2.29. The predicted octanol–water partition coefficient (Wildman–Crippen LogP) is 7.64. The maximum absolute atomic E-state index is 5.74. The Hall–Kier alpha value is -2.12. The topological polar surface area (TPSA) is 9.23 Å². The van der Waals surface area contributed by atoms with Crippen molar-refractivity contribution in [3.05, 3.63) is 89.0 Å². The van der Waals surface area contributed by atoms with Crippen molar-refractivity contribution in [1.29, 1.82) is 0 Å². The Bertz CT molecular complexity index is 744. The molecule has 3 rings (SSSR count). The number of benzene rings is 2. The monoisotopic (exact) mass is 374 g/mol. The van der Waals surface area contributed by atoms with Crippen LogP contribution in [0.15, 0.2) is 66.8 Å². The first-order valence-corrected chi connectivity index (χ1v) is 10.8. The Labute approximate surface area is 171 Å². The Morgan fingerprint density at radius 1 is 0.786 bits per heavy atom. The van der Waals surface area contributed by atoms with Crippen LogP contribution >= 0.6 is 0 Å². The van der Waals surface area contributed by atoms with Gasteiger partial charge in [0.2, 0.25) is 0 Å². The molecule has 1 nitrogen and oxygen atoms in total. The number of hydrogen-bond acceptors (Lipinski definition) is 1. The third-order valence-electron chi connectivity index (χ3n) is 5.88. The molecule has 1 fully saturated rings. The average Bonchev–Trinajstić information content (AvgIpc) is 2.75. The SMILES string of the molecule is CC=CCCOCc1ccc(C2CCC(c3ccc(/C=C/C)cc3)CC2)cc1. The average molecular weight is 375 g/mol. The van der Waals surface area contributed by atoms with Gasteiger partial charge in [0.1, 0.15) is 0 Å². The number of ether oxygens (including phenoxy) is 1. The van der Waals surface area contributed by atoms with Crippen molar-refractivity contribution in [2.75, 3.05) is 6.61 Å². The summed E-state index contributed by atoms with van der Waals surface area (Å²) in [5.74, 6) is 1.43. The zero-order valence-electron chi connectivity index (χ0n) is 17.4. The van der Waals surface area contributed by atoms with Crippen molar-refractivity contribution in [1.82, 2.24) is 0 Å². The second-order valence-electron chi connectivity index (χ2n) is 7.87. The highest BCUT2D eigenvalue weighted by Gasteiger charge is 2.23. The fourth-order valence-corrected chi connectivity index (χ4v) is 4.23. The highest BCUT2D eigenvalue weighted by atomic mass is 16.5. The molecule has 0 amide bonds. The second kappa shape index (κ2) is 11.0. The standard InChI is InChI=1S/C27H34O/c1-3-5-6-20-28-21-23-10-14-25(15-11-23)27-18-16-26(17-19-27)24-12-8-22(7-4-2)9-13-24/h3-5,7-15,26-27H,6,16-21H2,1-2H3/b5-3?,7-4+. The Balaban J connectivity index is 1.47. The van der Waals surface area contributed by atoms with E-state index in [9.17, 15) is 0 Å². The Morgan fingerprint density at radius 2 is 1.36 bits per heavy atom. The van der Waals surface area contributed by atoms with E-state index in [2.05, 4.69) is 79.8 Å². The van der Waals surface area contributed by atoms with Gasteiger partial charge in [0.15, 0.2) is 0 Å². The second-order valence-corrected chi connectivity index (χ2v) is 7.87. The van der Waals surface area contributed by atoms with Crippen molar-refractivity contribution in [3.8, 4) is 0 Å². The van der Waals surface area contributed by atoms with Crippen LogP contribution in [0.1, 0.15) is 80.0 Å². The van der Waals surface area contributed by atoms with Crippen LogP contribution in [0.5, 0.6) is 0 Å². The van der Waals surface area contributed by atoms with Gasteiger partial charge in [-0.1, -0.05) is 72.8 Å². The van der Waals surface area contributed by atoms with E-state index in [0.29, 0.717) is 12.5 Å². The molecule has 148 valence electrons. The van der Waals surface area contributed by atoms with Crippen LogP contribution in [-0.2, 0) is 11.3 Å². The first kappa shape index (κ1) is 20.6. The van der Waals surface area contributed by atoms with E-state index >= 15 is 0 Å². The van der Waals surface area contributed by atoms with Crippen molar-refractivity contribution in [2.24, 2.45) is 0 Å². The molecule has 0 heterocycles. The summed E-state index contributed by atoms with van der Waals surface area (Å²) >= 11 is 0. The summed E-state index contributed by atoms with van der Waals surface area (Å²) in [5, 5.41) is 0. The molecule has 0 aromatic heterocycles. The summed E-state index contributed by atoms with van der Waals surface area (Å²) in [6.07, 6.45) is 14.7. The maximum atomic E-state index is 5.74. The van der Waals surface area contributed by atoms with Crippen LogP contribution < -0.4 is 0 Å². The molecule has 1 aliphatic carbocycles. The summed E-state index contributed by atoms with van der Waals surface area (Å²) < 4.78 is 5.74. The quantitative estimate of drug-likeness (QED) is 0.341. The smallest absolute Gasteiger partial charge is 0.0717 e. The fraction of sp³-hybridized carbons (Fsp3) is 0.407. The van der Waals surface area contributed by atoms with Crippen LogP contribution in [0, 0.1) is 0 Å². The molecular weight excluding hydrogens is 340 g/mol. The van der Waals surface area contributed by atoms with E-state index in [1.165, 1.54) is 47.9 Å². The van der Waals surface area contributed by atoms with Crippen molar-refractivity contribution >= 4 is 6.08 Å². The maximum Gasteiger partial charge on any atom is 0.0717 e. The molecule has 2 aromatic rings. The molecule has 0 radical (unpaired) electrons. The van der Waals surface area contributed by atoms with E-state index in [1.807, 2.05) is 6.92 Å². The van der Waals surface area contributed by atoms with Crippen molar-refractivity contribution < 1.29 is 4.74 Å². The van der Waals surface area contributed by atoms with E-state index in [0.717, 1.165) is 18.9 Å². The number of hydrogen-bond donors (Lipinski definition) is 0. The van der Waals surface area contributed by atoms with Gasteiger partial charge in [-0.25, -0.2) is 0 Å². The van der Waals surface area contributed by atoms with Crippen LogP contribution in [-0.4, -0.2) is 6.61 Å². The van der Waals surface area contributed by atoms with Crippen LogP contribution in [0.2, 0.25) is 0 Å². The highest BCUT2D eigenvalue weighted by Crippen LogP contribution is 2.40. The first-order valence-electron chi connectivity index (χ1n) is 10.8. The van der Waals surface area contributed by atoms with Gasteiger partial charge in [0, 0.05) is 0 Å². The molecule has 0 bridgehead atoms. The Kier molecular flexibility index (Phi) is 8.11. The lowest BCUT2D eigenvalue weighted by atomic mass is 9.76. The minimum Gasteiger partial charge on any atom is -0.376 e. The van der Waals surface area contributed by atoms with E-state index in [1.54, 1.807) is 0 Å². The lowest BCUT2D eigenvalue weighted by molar-refractivity contribution is 0.125. The van der Waals surface area contributed by atoms with Gasteiger partial charge in [-0.3, -0.25) is 0 Å². The van der Waals surface area contributed by atoms with Crippen molar-refractivity contribution in [2.45, 2.75) is 64.4 Å².